The van der Waals surface area contributed by atoms with E-state index in [4.69, 9.17) is 0 Å². The molecule has 2 rings (SSSR count). The van der Waals surface area contributed by atoms with E-state index in [0.29, 0.717) is 0 Å². The summed E-state index contributed by atoms with van der Waals surface area (Å²) in [5.41, 5.74) is -5.10. The van der Waals surface area contributed by atoms with Crippen molar-refractivity contribution in [3.05, 3.63) is 24.3 Å². The molecule has 2 atom stereocenters. The van der Waals surface area contributed by atoms with Crippen LogP contribution in [0.3, 0.4) is 0 Å². The second-order valence-corrected chi connectivity index (χ2v) is 5.80. The van der Waals surface area contributed by atoms with Crippen LogP contribution in [0.1, 0.15) is 12.8 Å². The van der Waals surface area contributed by atoms with E-state index < -0.39 is 33.2 Å². The minimum atomic E-state index is -4.91. The molecule has 0 spiro atoms. The third-order valence-electron chi connectivity index (χ3n) is 2.87. The standard InChI is InChI=1S/C12H11F3N2O3S/c13-12(14,15)21(20)9-4-2-1-3-7(9)17-11(19)8-5-6-10(18)16-8/h1-4,8H,5-6H2,(H,16,18)(H,17,19)/t8-,21?/m0/s1. The van der Waals surface area contributed by atoms with Crippen LogP contribution in [0.5, 0.6) is 0 Å². The molecule has 1 aliphatic rings. The van der Waals surface area contributed by atoms with Crippen LogP contribution in [-0.2, 0) is 20.4 Å². The van der Waals surface area contributed by atoms with Gasteiger partial charge in [-0.05, 0) is 18.6 Å². The summed E-state index contributed by atoms with van der Waals surface area (Å²) in [4.78, 5) is 22.4. The van der Waals surface area contributed by atoms with Crippen LogP contribution in [0.25, 0.3) is 0 Å². The molecule has 0 aliphatic carbocycles. The van der Waals surface area contributed by atoms with Crippen molar-refractivity contribution in [3.63, 3.8) is 0 Å². The van der Waals surface area contributed by atoms with Gasteiger partial charge < -0.3 is 10.6 Å². The van der Waals surface area contributed by atoms with E-state index >= 15 is 0 Å². The van der Waals surface area contributed by atoms with Gasteiger partial charge in [0.05, 0.1) is 10.6 Å². The molecular formula is C12H11F3N2O3S. The highest BCUT2D eigenvalue weighted by Gasteiger charge is 2.39. The molecule has 0 aromatic heterocycles. The molecule has 2 N–H and O–H groups in total. The van der Waals surface area contributed by atoms with Crippen LogP contribution in [0, 0.1) is 0 Å². The fourth-order valence-corrected chi connectivity index (χ4v) is 2.66. The second kappa shape index (κ2) is 5.84. The van der Waals surface area contributed by atoms with Gasteiger partial charge in [-0.2, -0.15) is 13.2 Å². The van der Waals surface area contributed by atoms with Gasteiger partial charge in [-0.25, -0.2) is 4.21 Å². The summed E-state index contributed by atoms with van der Waals surface area (Å²) in [6.07, 6.45) is 0.462. The Morgan fingerprint density at radius 2 is 2.00 bits per heavy atom. The number of hydrogen-bond donors (Lipinski definition) is 2. The number of para-hydroxylation sites is 1. The number of alkyl halides is 3. The lowest BCUT2D eigenvalue weighted by molar-refractivity contribution is -0.122. The van der Waals surface area contributed by atoms with Gasteiger partial charge in [0, 0.05) is 6.42 Å². The number of rotatable bonds is 3. The molecule has 114 valence electrons. The maximum Gasteiger partial charge on any atom is 0.475 e. The highest BCUT2D eigenvalue weighted by atomic mass is 32.2. The maximum atomic E-state index is 12.5. The van der Waals surface area contributed by atoms with Gasteiger partial charge in [0.15, 0.2) is 10.8 Å². The molecule has 1 saturated heterocycles. The highest BCUT2D eigenvalue weighted by Crippen LogP contribution is 2.30. The molecule has 5 nitrogen and oxygen atoms in total. The molecule has 0 saturated carbocycles. The number of carbonyl (C=O) groups excluding carboxylic acids is 2. The van der Waals surface area contributed by atoms with E-state index in [9.17, 15) is 27.0 Å². The Bertz CT molecular complexity index is 604. The molecule has 1 aliphatic heterocycles. The molecule has 1 heterocycles. The van der Waals surface area contributed by atoms with Crippen molar-refractivity contribution in [3.8, 4) is 0 Å². The van der Waals surface area contributed by atoms with Gasteiger partial charge in [-0.3, -0.25) is 9.59 Å². The second-order valence-electron chi connectivity index (χ2n) is 4.36. The summed E-state index contributed by atoms with van der Waals surface area (Å²) in [5, 5.41) is 4.68. The quantitative estimate of drug-likeness (QED) is 0.887. The van der Waals surface area contributed by atoms with E-state index in [1.165, 1.54) is 18.2 Å². The molecule has 0 bridgehead atoms. The van der Waals surface area contributed by atoms with Crippen LogP contribution in [0.2, 0.25) is 0 Å². The van der Waals surface area contributed by atoms with Crippen molar-refractivity contribution < 1.29 is 27.0 Å². The van der Waals surface area contributed by atoms with Crippen LogP contribution >= 0.6 is 0 Å². The minimum Gasteiger partial charge on any atom is -0.344 e. The van der Waals surface area contributed by atoms with Crippen molar-refractivity contribution in [1.29, 1.82) is 0 Å². The van der Waals surface area contributed by atoms with Crippen LogP contribution in [-0.4, -0.2) is 27.6 Å². The van der Waals surface area contributed by atoms with Gasteiger partial charge in [0.1, 0.15) is 6.04 Å². The fourth-order valence-electron chi connectivity index (χ4n) is 1.89. The Morgan fingerprint density at radius 3 is 2.57 bits per heavy atom. The Labute approximate surface area is 120 Å². The van der Waals surface area contributed by atoms with E-state index in [0.717, 1.165) is 6.07 Å². The first-order chi connectivity index (χ1) is 9.79. The van der Waals surface area contributed by atoms with Crippen molar-refractivity contribution in [2.45, 2.75) is 29.3 Å². The van der Waals surface area contributed by atoms with Crippen LogP contribution < -0.4 is 10.6 Å². The van der Waals surface area contributed by atoms with E-state index in [1.807, 2.05) is 0 Å². The predicted molar refractivity (Wildman–Crippen MR) is 68.7 cm³/mol. The van der Waals surface area contributed by atoms with Gasteiger partial charge in [-0.1, -0.05) is 12.1 Å². The predicted octanol–water partition coefficient (Wildman–Crippen LogP) is 1.53. The third-order valence-corrected chi connectivity index (χ3v) is 4.04. The molecule has 9 heteroatoms. The SMILES string of the molecule is O=C1CC[C@@H](C(=O)Nc2ccccc2S(=O)C(F)(F)F)N1. The van der Waals surface area contributed by atoms with E-state index in [-0.39, 0.29) is 24.4 Å². The molecule has 1 aromatic carbocycles. The Balaban J connectivity index is 2.19. The lowest BCUT2D eigenvalue weighted by Crippen LogP contribution is -2.37. The lowest BCUT2D eigenvalue weighted by atomic mass is 10.2. The molecule has 21 heavy (non-hydrogen) atoms. The number of benzene rings is 1. The minimum absolute atomic E-state index is 0.181. The Kier molecular flexibility index (Phi) is 4.31. The summed E-state index contributed by atoms with van der Waals surface area (Å²) in [6.45, 7) is 0. The van der Waals surface area contributed by atoms with E-state index in [1.54, 1.807) is 0 Å². The molecule has 0 radical (unpaired) electrons. The molecule has 1 fully saturated rings. The average molecular weight is 320 g/mol. The first-order valence-corrected chi connectivity index (χ1v) is 7.12. The number of carbonyl (C=O) groups is 2. The van der Waals surface area contributed by atoms with Crippen molar-refractivity contribution in [2.24, 2.45) is 0 Å². The normalized spacial score (nSPS) is 20.0. The smallest absolute Gasteiger partial charge is 0.344 e. The number of anilines is 1. The summed E-state index contributed by atoms with van der Waals surface area (Å²) < 4.78 is 49.0. The van der Waals surface area contributed by atoms with Crippen molar-refractivity contribution in [2.75, 3.05) is 5.32 Å². The van der Waals surface area contributed by atoms with Gasteiger partial charge in [0.2, 0.25) is 11.8 Å². The zero-order valence-corrected chi connectivity index (χ0v) is 11.4. The zero-order valence-electron chi connectivity index (χ0n) is 10.6. The first-order valence-electron chi connectivity index (χ1n) is 5.97. The van der Waals surface area contributed by atoms with Gasteiger partial charge in [-0.15, -0.1) is 0 Å². The summed E-state index contributed by atoms with van der Waals surface area (Å²) >= 11 is 0. The summed E-state index contributed by atoms with van der Waals surface area (Å²) in [6, 6.07) is 4.19. The monoisotopic (exact) mass is 320 g/mol. The molecule has 1 aromatic rings. The fraction of sp³-hybridized carbons (Fsp3) is 0.333. The van der Waals surface area contributed by atoms with Crippen molar-refractivity contribution >= 4 is 28.3 Å². The number of nitrogens with one attached hydrogen (secondary N) is 2. The maximum absolute atomic E-state index is 12.5. The highest BCUT2D eigenvalue weighted by molar-refractivity contribution is 7.86. The molecular weight excluding hydrogens is 309 g/mol. The molecule has 1 unspecified atom stereocenters. The first kappa shape index (κ1) is 15.5. The van der Waals surface area contributed by atoms with Crippen LogP contribution in [0.15, 0.2) is 29.2 Å². The summed E-state index contributed by atoms with van der Waals surface area (Å²) in [7, 11) is -3.24. The summed E-state index contributed by atoms with van der Waals surface area (Å²) in [5.74, 6) is -0.922. The van der Waals surface area contributed by atoms with Crippen LogP contribution in [0.4, 0.5) is 18.9 Å². The third kappa shape index (κ3) is 3.60. The van der Waals surface area contributed by atoms with Gasteiger partial charge >= 0.3 is 5.51 Å². The average Bonchev–Trinajstić information content (AvgIpc) is 2.84. The largest absolute Gasteiger partial charge is 0.475 e. The molecule has 2 amide bonds. The Hall–Kier alpha value is -1.90. The van der Waals surface area contributed by atoms with E-state index in [2.05, 4.69) is 10.6 Å². The van der Waals surface area contributed by atoms with Gasteiger partial charge in [0.25, 0.3) is 0 Å². The number of hydrogen-bond acceptors (Lipinski definition) is 3. The van der Waals surface area contributed by atoms with Crippen molar-refractivity contribution in [1.82, 2.24) is 5.32 Å². The zero-order chi connectivity index (χ0) is 15.6. The topological polar surface area (TPSA) is 75.3 Å². The number of halogens is 3. The Morgan fingerprint density at radius 1 is 1.33 bits per heavy atom. The lowest BCUT2D eigenvalue weighted by Gasteiger charge is -2.14. The number of amides is 2.